The van der Waals surface area contributed by atoms with Crippen LogP contribution < -0.4 is 4.74 Å². The quantitative estimate of drug-likeness (QED) is 0.484. The van der Waals surface area contributed by atoms with E-state index in [0.717, 1.165) is 46.2 Å². The van der Waals surface area contributed by atoms with E-state index in [2.05, 4.69) is 16.0 Å². The third kappa shape index (κ3) is 3.10. The normalized spacial score (nSPS) is 15.3. The molecular weight excluding hydrogens is 356 g/mol. The van der Waals surface area contributed by atoms with Gasteiger partial charge < -0.3 is 14.6 Å². The van der Waals surface area contributed by atoms with Crippen molar-refractivity contribution in [2.24, 2.45) is 0 Å². The molecule has 5 nitrogen and oxygen atoms in total. The van der Waals surface area contributed by atoms with Crippen molar-refractivity contribution in [1.82, 2.24) is 19.9 Å². The fourth-order valence-electron chi connectivity index (χ4n) is 3.72. The van der Waals surface area contributed by atoms with Crippen molar-refractivity contribution in [3.63, 3.8) is 0 Å². The number of para-hydroxylation sites is 1. The third-order valence-electron chi connectivity index (χ3n) is 5.14. The molecule has 0 spiro atoms. The molecule has 0 bridgehead atoms. The van der Waals surface area contributed by atoms with Crippen molar-refractivity contribution < 1.29 is 4.74 Å². The molecule has 0 atom stereocenters. The number of thiocarbonyl (C=S) groups is 1. The molecule has 0 radical (unpaired) electrons. The monoisotopic (exact) mass is 376 g/mol. The van der Waals surface area contributed by atoms with E-state index in [9.17, 15) is 0 Å². The van der Waals surface area contributed by atoms with Crippen LogP contribution >= 0.6 is 12.2 Å². The molecule has 3 heterocycles. The van der Waals surface area contributed by atoms with Gasteiger partial charge in [0.25, 0.3) is 5.17 Å². The van der Waals surface area contributed by atoms with Gasteiger partial charge in [-0.15, -0.1) is 0 Å². The molecule has 1 saturated heterocycles. The van der Waals surface area contributed by atoms with Crippen molar-refractivity contribution >= 4 is 50.5 Å². The summed E-state index contributed by atoms with van der Waals surface area (Å²) in [6.07, 6.45) is 4.88. The van der Waals surface area contributed by atoms with Gasteiger partial charge >= 0.3 is 0 Å². The summed E-state index contributed by atoms with van der Waals surface area (Å²) in [7, 11) is 0. The Balaban J connectivity index is 1.49. The molecule has 1 fully saturated rings. The number of aromatic amines is 1. The number of likely N-dealkylation sites (tertiary alicyclic amines) is 1. The van der Waals surface area contributed by atoms with Gasteiger partial charge in [0.2, 0.25) is 0 Å². The van der Waals surface area contributed by atoms with Gasteiger partial charge in [-0.25, -0.2) is 9.97 Å². The minimum atomic E-state index is 0.553. The van der Waals surface area contributed by atoms with Crippen molar-refractivity contribution in [1.29, 1.82) is 0 Å². The molecular formula is C21H20N4OS. The Labute approximate surface area is 162 Å². The second-order valence-electron chi connectivity index (χ2n) is 7.01. The van der Waals surface area contributed by atoms with Crippen LogP contribution in [0.3, 0.4) is 0 Å². The van der Waals surface area contributed by atoms with Crippen LogP contribution in [0.4, 0.5) is 0 Å². The van der Waals surface area contributed by atoms with Crippen LogP contribution in [0.15, 0.2) is 42.5 Å². The first-order valence-electron chi connectivity index (χ1n) is 9.43. The average Bonchev–Trinajstić information content (AvgIpc) is 2.85. The van der Waals surface area contributed by atoms with Gasteiger partial charge in [0, 0.05) is 30.1 Å². The molecule has 1 aliphatic rings. The summed E-state index contributed by atoms with van der Waals surface area (Å²) < 4.78 is 5.98. The van der Waals surface area contributed by atoms with Crippen molar-refractivity contribution in [3.05, 3.63) is 42.5 Å². The minimum absolute atomic E-state index is 0.553. The van der Waals surface area contributed by atoms with E-state index in [1.165, 1.54) is 25.7 Å². The molecule has 6 heteroatoms. The van der Waals surface area contributed by atoms with E-state index >= 15 is 0 Å². The summed E-state index contributed by atoms with van der Waals surface area (Å²) in [5, 5.41) is 1.63. The molecule has 136 valence electrons. The molecule has 4 aromatic rings. The Bertz CT molecular complexity index is 1150. The zero-order valence-corrected chi connectivity index (χ0v) is 15.8. The highest BCUT2D eigenvalue weighted by atomic mass is 32.1. The first-order valence-corrected chi connectivity index (χ1v) is 9.84. The number of rotatable bonds is 1. The molecule has 27 heavy (non-hydrogen) atoms. The summed E-state index contributed by atoms with van der Waals surface area (Å²) in [5.74, 6) is 0.713. The highest BCUT2D eigenvalue weighted by Crippen LogP contribution is 2.26. The molecule has 0 unspecified atom stereocenters. The first kappa shape index (κ1) is 16.4. The SMILES string of the molecule is S=C(Oc1ccc2nc3[nH]c4ccccc4c3nc2c1)N1CCCCCC1. The van der Waals surface area contributed by atoms with Crippen molar-refractivity contribution in [3.8, 4) is 5.75 Å². The fourth-order valence-corrected chi connectivity index (χ4v) is 4.00. The largest absolute Gasteiger partial charge is 0.432 e. The lowest BCUT2D eigenvalue weighted by atomic mass is 10.2. The Morgan fingerprint density at radius 2 is 1.78 bits per heavy atom. The zero-order chi connectivity index (χ0) is 18.2. The van der Waals surface area contributed by atoms with Gasteiger partial charge in [0.15, 0.2) is 5.65 Å². The highest BCUT2D eigenvalue weighted by molar-refractivity contribution is 7.80. The summed E-state index contributed by atoms with van der Waals surface area (Å²) in [5.41, 5.74) is 4.37. The van der Waals surface area contributed by atoms with Crippen LogP contribution in [0, 0.1) is 0 Å². The van der Waals surface area contributed by atoms with Crippen LogP contribution in [-0.2, 0) is 0 Å². The lowest BCUT2D eigenvalue weighted by molar-refractivity contribution is 0.361. The summed E-state index contributed by atoms with van der Waals surface area (Å²) >= 11 is 5.53. The Morgan fingerprint density at radius 1 is 0.963 bits per heavy atom. The maximum absolute atomic E-state index is 5.98. The number of benzene rings is 2. The Morgan fingerprint density at radius 3 is 2.63 bits per heavy atom. The third-order valence-corrected chi connectivity index (χ3v) is 5.48. The Hall–Kier alpha value is -2.73. The highest BCUT2D eigenvalue weighted by Gasteiger charge is 2.15. The Kier molecular flexibility index (Phi) is 4.13. The topological polar surface area (TPSA) is 54.0 Å². The lowest BCUT2D eigenvalue weighted by Crippen LogP contribution is -2.34. The zero-order valence-electron chi connectivity index (χ0n) is 14.9. The molecule has 5 rings (SSSR count). The summed E-state index contributed by atoms with van der Waals surface area (Å²) in [6.45, 7) is 1.95. The second kappa shape index (κ2) is 6.78. The van der Waals surface area contributed by atoms with E-state index in [4.69, 9.17) is 26.9 Å². The number of ether oxygens (including phenoxy) is 1. The molecule has 0 saturated carbocycles. The minimum Gasteiger partial charge on any atom is -0.432 e. The maximum Gasteiger partial charge on any atom is 0.264 e. The number of hydrogen-bond acceptors (Lipinski definition) is 4. The number of aromatic nitrogens is 3. The van der Waals surface area contributed by atoms with Gasteiger partial charge in [-0.3, -0.25) is 0 Å². The molecule has 1 N–H and O–H groups in total. The van der Waals surface area contributed by atoms with Gasteiger partial charge in [-0.1, -0.05) is 31.0 Å². The van der Waals surface area contributed by atoms with Crippen molar-refractivity contribution in [2.75, 3.05) is 13.1 Å². The fraction of sp³-hybridized carbons (Fsp3) is 0.286. The molecule has 0 aliphatic carbocycles. The summed E-state index contributed by atoms with van der Waals surface area (Å²) in [6, 6.07) is 13.9. The van der Waals surface area contributed by atoms with E-state index in [1.807, 2.05) is 36.4 Å². The summed E-state index contributed by atoms with van der Waals surface area (Å²) in [4.78, 5) is 15.1. The number of fused-ring (bicyclic) bond motifs is 4. The number of nitrogens with zero attached hydrogens (tertiary/aromatic N) is 3. The van der Waals surface area contributed by atoms with Crippen LogP contribution in [0.5, 0.6) is 5.75 Å². The first-order chi connectivity index (χ1) is 13.3. The second-order valence-corrected chi connectivity index (χ2v) is 7.36. The smallest absolute Gasteiger partial charge is 0.264 e. The van der Waals surface area contributed by atoms with Gasteiger partial charge in [-0.2, -0.15) is 0 Å². The number of hydrogen-bond donors (Lipinski definition) is 1. The molecule has 1 aliphatic heterocycles. The van der Waals surface area contributed by atoms with E-state index in [0.29, 0.717) is 10.9 Å². The predicted octanol–water partition coefficient (Wildman–Crippen LogP) is 4.80. The van der Waals surface area contributed by atoms with Gasteiger partial charge in [0.1, 0.15) is 11.3 Å². The molecule has 2 aromatic heterocycles. The molecule has 2 aromatic carbocycles. The number of nitrogens with one attached hydrogen (secondary N) is 1. The van der Waals surface area contributed by atoms with Crippen LogP contribution in [0.1, 0.15) is 25.7 Å². The number of H-pyrrole nitrogens is 1. The van der Waals surface area contributed by atoms with Crippen LogP contribution in [0.2, 0.25) is 0 Å². The lowest BCUT2D eigenvalue weighted by Gasteiger charge is -2.22. The average molecular weight is 376 g/mol. The van der Waals surface area contributed by atoms with E-state index < -0.39 is 0 Å². The van der Waals surface area contributed by atoms with Crippen LogP contribution in [-0.4, -0.2) is 38.1 Å². The van der Waals surface area contributed by atoms with Crippen molar-refractivity contribution in [2.45, 2.75) is 25.7 Å². The maximum atomic E-state index is 5.98. The standard InChI is InChI=1S/C21H20N4OS/c27-21(25-11-5-1-2-6-12-25)26-14-9-10-17-18(13-14)22-19-15-7-3-4-8-16(15)23-20(19)24-17/h3-4,7-10,13H,1-2,5-6,11-12H2,(H,23,24). The van der Waals surface area contributed by atoms with Gasteiger partial charge in [0.05, 0.1) is 11.0 Å². The van der Waals surface area contributed by atoms with E-state index in [1.54, 1.807) is 0 Å². The molecule has 0 amide bonds. The van der Waals surface area contributed by atoms with Crippen LogP contribution in [0.25, 0.3) is 33.1 Å². The predicted molar refractivity (Wildman–Crippen MR) is 112 cm³/mol. The van der Waals surface area contributed by atoms with E-state index in [-0.39, 0.29) is 0 Å². The van der Waals surface area contributed by atoms with Gasteiger partial charge in [-0.05, 0) is 43.3 Å².